The molecule has 1 unspecified atom stereocenters. The molecule has 3 nitrogen and oxygen atoms in total. The molecule has 0 aliphatic heterocycles. The van der Waals surface area contributed by atoms with Crippen LogP contribution in [-0.4, -0.2) is 17.2 Å². The second kappa shape index (κ2) is 4.77. The van der Waals surface area contributed by atoms with Gasteiger partial charge in [0.1, 0.15) is 0 Å². The number of esters is 1. The molecule has 0 aromatic rings. The van der Waals surface area contributed by atoms with Gasteiger partial charge in [0.15, 0.2) is 0 Å². The number of rotatable bonds is 3. The maximum absolute atomic E-state index is 10.8. The van der Waals surface area contributed by atoms with Gasteiger partial charge in [-0.2, -0.15) is 0 Å². The fourth-order valence-corrected chi connectivity index (χ4v) is 0.486. The highest BCUT2D eigenvalue weighted by atomic mass is 16.5. The number of aliphatic hydroxyl groups excluding tert-OH is 1. The van der Waals surface area contributed by atoms with Gasteiger partial charge in [-0.3, -0.25) is 0 Å². The second-order valence-electron chi connectivity index (χ2n) is 2.44. The van der Waals surface area contributed by atoms with Crippen LogP contribution in [0.3, 0.4) is 0 Å². The zero-order valence-corrected chi connectivity index (χ0v) is 7.13. The Bertz CT molecular complexity index is 157. The fourth-order valence-electron chi connectivity index (χ4n) is 0.486. The standard InChI is InChI=1S/C8H14O3/c1-4-7(3)11-8(10)5-6(2)9/h5,7,9H,4H2,1-3H3/b6-5+. The Morgan fingerprint density at radius 3 is 2.64 bits per heavy atom. The van der Waals surface area contributed by atoms with E-state index in [4.69, 9.17) is 9.84 Å². The molecule has 0 heterocycles. The molecule has 64 valence electrons. The summed E-state index contributed by atoms with van der Waals surface area (Å²) in [6, 6.07) is 0. The van der Waals surface area contributed by atoms with Crippen LogP contribution in [-0.2, 0) is 9.53 Å². The molecule has 0 radical (unpaired) electrons. The predicted molar refractivity (Wildman–Crippen MR) is 42.2 cm³/mol. The van der Waals surface area contributed by atoms with Crippen LogP contribution in [0, 0.1) is 0 Å². The Morgan fingerprint density at radius 2 is 2.27 bits per heavy atom. The van der Waals surface area contributed by atoms with Crippen LogP contribution in [0.4, 0.5) is 0 Å². The lowest BCUT2D eigenvalue weighted by molar-refractivity contribution is -0.142. The van der Waals surface area contributed by atoms with Crippen molar-refractivity contribution in [3.63, 3.8) is 0 Å². The van der Waals surface area contributed by atoms with Gasteiger partial charge < -0.3 is 9.84 Å². The van der Waals surface area contributed by atoms with Crippen molar-refractivity contribution >= 4 is 5.97 Å². The van der Waals surface area contributed by atoms with Crippen LogP contribution >= 0.6 is 0 Å². The van der Waals surface area contributed by atoms with E-state index in [1.54, 1.807) is 6.92 Å². The quantitative estimate of drug-likeness (QED) is 0.387. The third-order valence-electron chi connectivity index (χ3n) is 1.22. The molecule has 0 aromatic heterocycles. The highest BCUT2D eigenvalue weighted by Gasteiger charge is 2.03. The molecule has 3 heteroatoms. The zero-order valence-electron chi connectivity index (χ0n) is 7.13. The lowest BCUT2D eigenvalue weighted by atomic mass is 10.3. The van der Waals surface area contributed by atoms with Crippen molar-refractivity contribution in [1.29, 1.82) is 0 Å². The topological polar surface area (TPSA) is 46.5 Å². The van der Waals surface area contributed by atoms with E-state index in [9.17, 15) is 4.79 Å². The normalized spacial score (nSPS) is 14.3. The van der Waals surface area contributed by atoms with E-state index in [0.717, 1.165) is 12.5 Å². The molecule has 0 aliphatic rings. The summed E-state index contributed by atoms with van der Waals surface area (Å²) in [5.74, 6) is -0.516. The molecule has 1 atom stereocenters. The highest BCUT2D eigenvalue weighted by molar-refractivity contribution is 5.82. The summed E-state index contributed by atoms with van der Waals surface area (Å²) in [6.45, 7) is 5.16. The Morgan fingerprint density at radius 1 is 1.73 bits per heavy atom. The molecule has 0 bridgehead atoms. The number of aliphatic hydroxyl groups is 1. The van der Waals surface area contributed by atoms with E-state index in [1.807, 2.05) is 6.92 Å². The third kappa shape index (κ3) is 5.45. The van der Waals surface area contributed by atoms with E-state index in [1.165, 1.54) is 6.92 Å². The third-order valence-corrected chi connectivity index (χ3v) is 1.22. The van der Waals surface area contributed by atoms with Gasteiger partial charge in [0.05, 0.1) is 17.9 Å². The van der Waals surface area contributed by atoms with Gasteiger partial charge in [-0.25, -0.2) is 4.79 Å². The van der Waals surface area contributed by atoms with Crippen LogP contribution in [0.5, 0.6) is 0 Å². The molecule has 0 spiro atoms. The smallest absolute Gasteiger partial charge is 0.334 e. The van der Waals surface area contributed by atoms with Crippen LogP contribution < -0.4 is 0 Å². The van der Waals surface area contributed by atoms with Gasteiger partial charge in [0.25, 0.3) is 0 Å². The van der Waals surface area contributed by atoms with Gasteiger partial charge in [0.2, 0.25) is 0 Å². The second-order valence-corrected chi connectivity index (χ2v) is 2.44. The van der Waals surface area contributed by atoms with Crippen molar-refractivity contribution in [3.8, 4) is 0 Å². The number of ether oxygens (including phenoxy) is 1. The van der Waals surface area contributed by atoms with Crippen molar-refractivity contribution in [1.82, 2.24) is 0 Å². The molecule has 1 N–H and O–H groups in total. The summed E-state index contributed by atoms with van der Waals surface area (Å²) >= 11 is 0. The number of allylic oxidation sites excluding steroid dienone is 1. The van der Waals surface area contributed by atoms with Crippen LogP contribution in [0.15, 0.2) is 11.8 Å². The average molecular weight is 158 g/mol. The van der Waals surface area contributed by atoms with E-state index < -0.39 is 5.97 Å². The minimum Gasteiger partial charge on any atom is -0.512 e. The molecule has 0 saturated heterocycles. The number of carbonyl (C=O) groups excluding carboxylic acids is 1. The summed E-state index contributed by atoms with van der Waals surface area (Å²) in [5, 5.41) is 8.67. The van der Waals surface area contributed by atoms with E-state index in [2.05, 4.69) is 0 Å². The lowest BCUT2D eigenvalue weighted by Gasteiger charge is -2.07. The van der Waals surface area contributed by atoms with Gasteiger partial charge in [-0.1, -0.05) is 6.92 Å². The molecule has 0 aliphatic carbocycles. The predicted octanol–water partition coefficient (Wildman–Crippen LogP) is 1.79. The summed E-state index contributed by atoms with van der Waals surface area (Å²) in [7, 11) is 0. The maximum atomic E-state index is 10.8. The summed E-state index contributed by atoms with van der Waals surface area (Å²) < 4.78 is 4.84. The van der Waals surface area contributed by atoms with Gasteiger partial charge >= 0.3 is 5.97 Å². The molecular weight excluding hydrogens is 144 g/mol. The molecule has 11 heavy (non-hydrogen) atoms. The first-order valence-electron chi connectivity index (χ1n) is 3.64. The van der Waals surface area contributed by atoms with Crippen molar-refractivity contribution in [2.24, 2.45) is 0 Å². The monoisotopic (exact) mass is 158 g/mol. The van der Waals surface area contributed by atoms with Crippen molar-refractivity contribution in [2.75, 3.05) is 0 Å². The Balaban J connectivity index is 3.79. The largest absolute Gasteiger partial charge is 0.512 e. The summed E-state index contributed by atoms with van der Waals surface area (Å²) in [6.07, 6.45) is 1.76. The van der Waals surface area contributed by atoms with E-state index >= 15 is 0 Å². The SMILES string of the molecule is CCC(C)OC(=O)/C=C(\C)O. The Labute approximate surface area is 66.7 Å². The molecular formula is C8H14O3. The Kier molecular flexibility index (Phi) is 4.34. The maximum Gasteiger partial charge on any atom is 0.334 e. The molecule has 0 aromatic carbocycles. The van der Waals surface area contributed by atoms with Gasteiger partial charge in [0, 0.05) is 0 Å². The van der Waals surface area contributed by atoms with Crippen LogP contribution in [0.1, 0.15) is 27.2 Å². The molecule has 0 rings (SSSR count). The lowest BCUT2D eigenvalue weighted by Crippen LogP contribution is -2.11. The van der Waals surface area contributed by atoms with Crippen LogP contribution in [0.25, 0.3) is 0 Å². The summed E-state index contributed by atoms with van der Waals surface area (Å²) in [4.78, 5) is 10.8. The number of hydrogen-bond donors (Lipinski definition) is 1. The zero-order chi connectivity index (χ0) is 8.85. The van der Waals surface area contributed by atoms with E-state index in [0.29, 0.717) is 0 Å². The van der Waals surface area contributed by atoms with E-state index in [-0.39, 0.29) is 11.9 Å². The highest BCUT2D eigenvalue weighted by Crippen LogP contribution is 1.97. The average Bonchev–Trinajstić information content (AvgIpc) is 1.85. The fraction of sp³-hybridized carbons (Fsp3) is 0.625. The minimum atomic E-state index is -0.487. The Hall–Kier alpha value is -0.990. The van der Waals surface area contributed by atoms with Crippen molar-refractivity contribution < 1.29 is 14.6 Å². The first-order chi connectivity index (χ1) is 5.06. The number of hydrogen-bond acceptors (Lipinski definition) is 3. The summed E-state index contributed by atoms with van der Waals surface area (Å²) in [5.41, 5.74) is 0. The van der Waals surface area contributed by atoms with Crippen LogP contribution in [0.2, 0.25) is 0 Å². The molecule has 0 saturated carbocycles. The number of carbonyl (C=O) groups is 1. The first-order valence-corrected chi connectivity index (χ1v) is 3.64. The molecule has 0 amide bonds. The first kappa shape index (κ1) is 10.0. The van der Waals surface area contributed by atoms with Gasteiger partial charge in [-0.05, 0) is 20.3 Å². The van der Waals surface area contributed by atoms with Crippen molar-refractivity contribution in [2.45, 2.75) is 33.3 Å². The van der Waals surface area contributed by atoms with Crippen molar-refractivity contribution in [3.05, 3.63) is 11.8 Å². The van der Waals surface area contributed by atoms with Gasteiger partial charge in [-0.15, -0.1) is 0 Å². The molecule has 0 fully saturated rings. The minimum absolute atomic E-state index is 0.0293.